The third kappa shape index (κ3) is 6.39. The van der Waals surface area contributed by atoms with Gasteiger partial charge >= 0.3 is 6.61 Å². The second-order valence-corrected chi connectivity index (χ2v) is 6.98. The number of nitrogens with zero attached hydrogens (tertiary/aromatic N) is 1. The van der Waals surface area contributed by atoms with Crippen LogP contribution in [-0.4, -0.2) is 17.5 Å². The minimum Gasteiger partial charge on any atom is -0.487 e. The van der Waals surface area contributed by atoms with Gasteiger partial charge in [0.2, 0.25) is 5.91 Å². The molecule has 150 valence electrons. The Balaban J connectivity index is 1.60. The molecule has 0 bridgehead atoms. The van der Waals surface area contributed by atoms with E-state index >= 15 is 0 Å². The van der Waals surface area contributed by atoms with Crippen LogP contribution in [0.1, 0.15) is 16.3 Å². The number of benzene rings is 2. The molecular formula is C21H18F2N2O3S. The molecule has 0 aliphatic heterocycles. The summed E-state index contributed by atoms with van der Waals surface area (Å²) in [4.78, 5) is 16.5. The van der Waals surface area contributed by atoms with Gasteiger partial charge in [0.1, 0.15) is 18.1 Å². The monoisotopic (exact) mass is 416 g/mol. The SMILES string of the molecule is Cc1nc(COc2cccc(/C=C/C(=O)Nc3ccccc3OC(F)F)c2)cs1. The van der Waals surface area contributed by atoms with Crippen molar-refractivity contribution < 1.29 is 23.0 Å². The Hall–Kier alpha value is -3.26. The van der Waals surface area contributed by atoms with Crippen LogP contribution in [0.15, 0.2) is 60.0 Å². The smallest absolute Gasteiger partial charge is 0.387 e. The maximum Gasteiger partial charge on any atom is 0.387 e. The predicted octanol–water partition coefficient (Wildman–Crippen LogP) is 5.28. The summed E-state index contributed by atoms with van der Waals surface area (Å²) in [5, 5.41) is 5.45. The molecule has 0 atom stereocenters. The minimum atomic E-state index is -2.97. The van der Waals surface area contributed by atoms with Crippen molar-refractivity contribution in [3.05, 3.63) is 76.3 Å². The number of hydrogen-bond acceptors (Lipinski definition) is 5. The molecule has 0 saturated heterocycles. The molecule has 1 N–H and O–H groups in total. The molecule has 0 radical (unpaired) electrons. The van der Waals surface area contributed by atoms with Crippen LogP contribution in [-0.2, 0) is 11.4 Å². The molecule has 1 amide bonds. The fourth-order valence-electron chi connectivity index (χ4n) is 2.45. The maximum atomic E-state index is 12.5. The highest BCUT2D eigenvalue weighted by atomic mass is 32.1. The number of nitrogens with one attached hydrogen (secondary N) is 1. The van der Waals surface area contributed by atoms with Gasteiger partial charge in [-0.2, -0.15) is 8.78 Å². The quantitative estimate of drug-likeness (QED) is 0.507. The van der Waals surface area contributed by atoms with Crippen molar-refractivity contribution in [2.45, 2.75) is 20.1 Å². The second kappa shape index (κ2) is 9.79. The topological polar surface area (TPSA) is 60.5 Å². The molecule has 2 aromatic carbocycles. The molecule has 0 fully saturated rings. The molecule has 1 aromatic heterocycles. The van der Waals surface area contributed by atoms with E-state index in [9.17, 15) is 13.6 Å². The lowest BCUT2D eigenvalue weighted by atomic mass is 10.2. The fraction of sp³-hybridized carbons (Fsp3) is 0.143. The first-order valence-electron chi connectivity index (χ1n) is 8.66. The summed E-state index contributed by atoms with van der Waals surface area (Å²) in [5.74, 6) is 0.0744. The van der Waals surface area contributed by atoms with E-state index < -0.39 is 12.5 Å². The lowest BCUT2D eigenvalue weighted by Crippen LogP contribution is -2.11. The van der Waals surface area contributed by atoms with Crippen LogP contribution >= 0.6 is 11.3 Å². The van der Waals surface area contributed by atoms with Gasteiger partial charge in [-0.05, 0) is 42.8 Å². The number of aryl methyl sites for hydroxylation is 1. The van der Waals surface area contributed by atoms with Gasteiger partial charge < -0.3 is 14.8 Å². The zero-order valence-corrected chi connectivity index (χ0v) is 16.3. The number of thiazole rings is 1. The van der Waals surface area contributed by atoms with Crippen molar-refractivity contribution >= 4 is 29.0 Å². The van der Waals surface area contributed by atoms with E-state index in [1.54, 1.807) is 35.6 Å². The number of aromatic nitrogens is 1. The largest absolute Gasteiger partial charge is 0.487 e. The molecule has 8 heteroatoms. The van der Waals surface area contributed by atoms with Gasteiger partial charge in [0.15, 0.2) is 0 Å². The summed E-state index contributed by atoms with van der Waals surface area (Å²) in [7, 11) is 0. The molecule has 1 heterocycles. The number of amides is 1. The second-order valence-electron chi connectivity index (χ2n) is 5.92. The Morgan fingerprint density at radius 1 is 1.24 bits per heavy atom. The molecule has 29 heavy (non-hydrogen) atoms. The Morgan fingerprint density at radius 3 is 2.83 bits per heavy atom. The van der Waals surface area contributed by atoms with Crippen molar-refractivity contribution in [3.63, 3.8) is 0 Å². The highest BCUT2D eigenvalue weighted by molar-refractivity contribution is 7.09. The first-order valence-corrected chi connectivity index (χ1v) is 9.54. The zero-order valence-electron chi connectivity index (χ0n) is 15.5. The number of halogens is 2. The number of hydrogen-bond donors (Lipinski definition) is 1. The highest BCUT2D eigenvalue weighted by Crippen LogP contribution is 2.25. The molecular weight excluding hydrogens is 398 g/mol. The molecule has 3 rings (SSSR count). The average Bonchev–Trinajstić information content (AvgIpc) is 3.11. The minimum absolute atomic E-state index is 0.100. The van der Waals surface area contributed by atoms with Crippen LogP contribution in [0, 0.1) is 6.92 Å². The van der Waals surface area contributed by atoms with Crippen LogP contribution < -0.4 is 14.8 Å². The normalized spacial score (nSPS) is 11.0. The summed E-state index contributed by atoms with van der Waals surface area (Å²) in [5.41, 5.74) is 1.78. The average molecular weight is 416 g/mol. The van der Waals surface area contributed by atoms with Crippen LogP contribution in [0.25, 0.3) is 6.08 Å². The van der Waals surface area contributed by atoms with E-state index in [1.165, 1.54) is 18.2 Å². The third-order valence-electron chi connectivity index (χ3n) is 3.70. The van der Waals surface area contributed by atoms with Gasteiger partial charge in [-0.1, -0.05) is 24.3 Å². The number of carbonyl (C=O) groups is 1. The van der Waals surface area contributed by atoms with Crippen LogP contribution in [0.5, 0.6) is 11.5 Å². The predicted molar refractivity (Wildman–Crippen MR) is 108 cm³/mol. The van der Waals surface area contributed by atoms with Gasteiger partial charge in [-0.25, -0.2) is 4.98 Å². The van der Waals surface area contributed by atoms with Crippen LogP contribution in [0.4, 0.5) is 14.5 Å². The first kappa shape index (κ1) is 20.5. The Morgan fingerprint density at radius 2 is 2.07 bits per heavy atom. The summed E-state index contributed by atoms with van der Waals surface area (Å²) >= 11 is 1.56. The number of ether oxygens (including phenoxy) is 2. The Kier molecular flexibility index (Phi) is 6.91. The molecule has 0 aliphatic carbocycles. The van der Waals surface area contributed by atoms with E-state index in [2.05, 4.69) is 15.0 Å². The maximum absolute atomic E-state index is 12.5. The van der Waals surface area contributed by atoms with Crippen LogP contribution in [0.2, 0.25) is 0 Å². The molecule has 0 spiro atoms. The van der Waals surface area contributed by atoms with Gasteiger partial charge in [0, 0.05) is 11.5 Å². The van der Waals surface area contributed by atoms with Crippen molar-refractivity contribution in [2.24, 2.45) is 0 Å². The molecule has 0 saturated carbocycles. The zero-order chi connectivity index (χ0) is 20.6. The van der Waals surface area contributed by atoms with E-state index in [0.29, 0.717) is 12.4 Å². The Labute approximate surface area is 170 Å². The Bertz CT molecular complexity index is 1000. The number of para-hydroxylation sites is 2. The third-order valence-corrected chi connectivity index (χ3v) is 4.52. The summed E-state index contributed by atoms with van der Waals surface area (Å²) in [6.07, 6.45) is 2.91. The lowest BCUT2D eigenvalue weighted by molar-refractivity contribution is -0.111. The summed E-state index contributed by atoms with van der Waals surface area (Å²) in [6, 6.07) is 13.2. The van der Waals surface area contributed by atoms with Crippen molar-refractivity contribution in [3.8, 4) is 11.5 Å². The molecule has 5 nitrogen and oxygen atoms in total. The van der Waals surface area contributed by atoms with Crippen molar-refractivity contribution in [2.75, 3.05) is 5.32 Å². The highest BCUT2D eigenvalue weighted by Gasteiger charge is 2.10. The van der Waals surface area contributed by atoms with Crippen molar-refractivity contribution in [1.82, 2.24) is 4.98 Å². The van der Waals surface area contributed by atoms with E-state index in [-0.39, 0.29) is 11.4 Å². The van der Waals surface area contributed by atoms with Gasteiger partial charge in [-0.3, -0.25) is 4.79 Å². The molecule has 0 aliphatic rings. The summed E-state index contributed by atoms with van der Waals surface area (Å²) in [6.45, 7) is -0.679. The summed E-state index contributed by atoms with van der Waals surface area (Å²) < 4.78 is 35.0. The fourth-order valence-corrected chi connectivity index (χ4v) is 3.05. The van der Waals surface area contributed by atoms with E-state index in [1.807, 2.05) is 30.5 Å². The number of alkyl halides is 2. The van der Waals surface area contributed by atoms with Crippen molar-refractivity contribution in [1.29, 1.82) is 0 Å². The number of carbonyl (C=O) groups excluding carboxylic acids is 1. The molecule has 3 aromatic rings. The van der Waals surface area contributed by atoms with Gasteiger partial charge in [-0.15, -0.1) is 11.3 Å². The molecule has 0 unspecified atom stereocenters. The van der Waals surface area contributed by atoms with E-state index in [0.717, 1.165) is 16.3 Å². The number of rotatable bonds is 8. The lowest BCUT2D eigenvalue weighted by Gasteiger charge is -2.10. The number of anilines is 1. The van der Waals surface area contributed by atoms with E-state index in [4.69, 9.17) is 4.74 Å². The standard InChI is InChI=1S/C21H18F2N2O3S/c1-14-24-16(13-29-14)12-27-17-6-4-5-15(11-17)9-10-20(26)25-18-7-2-3-8-19(18)28-21(22)23/h2-11,13,21H,12H2,1H3,(H,25,26)/b10-9+. The van der Waals surface area contributed by atoms with Crippen LogP contribution in [0.3, 0.4) is 0 Å². The van der Waals surface area contributed by atoms with Gasteiger partial charge in [0.25, 0.3) is 0 Å². The van der Waals surface area contributed by atoms with Gasteiger partial charge in [0.05, 0.1) is 16.4 Å². The first-order chi connectivity index (χ1) is 14.0.